The average molecular weight is 1130 g/mol. The average Bonchev–Trinajstić information content (AvgIpc) is 3.46. The number of hydrogen-bond acceptors (Lipinski definition) is 10. The molecule has 1 aliphatic rings. The van der Waals surface area contributed by atoms with Gasteiger partial charge in [-0.05, 0) is 64.2 Å². The zero-order valence-corrected chi connectivity index (χ0v) is 52.0. The second kappa shape index (κ2) is 57.1. The molecule has 6 N–H and O–H groups in total. The highest BCUT2D eigenvalue weighted by molar-refractivity contribution is 5.80. The maximum Gasteiger partial charge on any atom is 0.306 e. The Morgan fingerprint density at radius 2 is 0.863 bits per heavy atom. The number of aliphatic hydroxyl groups is 5. The van der Waals surface area contributed by atoms with Gasteiger partial charge in [-0.15, -0.1) is 0 Å². The van der Waals surface area contributed by atoms with E-state index < -0.39 is 67.4 Å². The largest absolute Gasteiger partial charge is 0.454 e. The van der Waals surface area contributed by atoms with E-state index in [1.54, 1.807) is 6.08 Å². The lowest BCUT2D eigenvalue weighted by atomic mass is 9.99. The van der Waals surface area contributed by atoms with Crippen LogP contribution in [0.15, 0.2) is 48.6 Å². The summed E-state index contributed by atoms with van der Waals surface area (Å²) in [4.78, 5) is 26.6. The van der Waals surface area contributed by atoms with Crippen LogP contribution in [0.5, 0.6) is 0 Å². The van der Waals surface area contributed by atoms with Gasteiger partial charge in [0.05, 0.1) is 25.4 Å². The first-order valence-corrected chi connectivity index (χ1v) is 33.9. The molecule has 1 fully saturated rings. The standard InChI is InChI=1S/C69H127NO10/c1-4-7-10-13-16-19-22-25-27-28-29-30-31-32-33-34-35-37-38-41-44-47-50-53-56-62(73)68(77)70-60(61(72)55-52-49-46-43-40-24-21-18-15-12-9-6-3)59-78-69-67(66(76)65(75)63(58-71)79-69)80-64(74)57-54-51-48-45-42-39-36-26-23-20-17-14-11-8-5-2/h16,19,25,27,29-30,52,55,60-63,65-67,69,71-73,75-76H,4-15,17-18,20-24,26,28,31-51,53-54,56-59H2,1-3H3,(H,70,77)/b19-16-,27-25-,30-29-,55-52+. The third-order valence-electron chi connectivity index (χ3n) is 16.0. The highest BCUT2D eigenvalue weighted by Crippen LogP contribution is 2.26. The van der Waals surface area contributed by atoms with Crippen LogP contribution in [0.4, 0.5) is 0 Å². The van der Waals surface area contributed by atoms with Gasteiger partial charge < -0.3 is 45.1 Å². The van der Waals surface area contributed by atoms with Crippen LogP contribution in [-0.2, 0) is 23.8 Å². The zero-order chi connectivity index (χ0) is 58.2. The van der Waals surface area contributed by atoms with E-state index in [1.807, 2.05) is 6.08 Å². The van der Waals surface area contributed by atoms with Gasteiger partial charge in [-0.2, -0.15) is 0 Å². The summed E-state index contributed by atoms with van der Waals surface area (Å²) >= 11 is 0. The molecule has 468 valence electrons. The number of carbonyl (C=O) groups excluding carboxylic acids is 2. The van der Waals surface area contributed by atoms with Crippen molar-refractivity contribution >= 4 is 11.9 Å². The number of carbonyl (C=O) groups is 2. The van der Waals surface area contributed by atoms with Gasteiger partial charge in [0.15, 0.2) is 12.4 Å². The minimum absolute atomic E-state index is 0.128. The minimum atomic E-state index is -1.61. The molecule has 1 aliphatic heterocycles. The van der Waals surface area contributed by atoms with E-state index >= 15 is 0 Å². The number of nitrogens with one attached hydrogen (secondary N) is 1. The van der Waals surface area contributed by atoms with Gasteiger partial charge in [0.2, 0.25) is 5.91 Å². The van der Waals surface area contributed by atoms with E-state index in [4.69, 9.17) is 14.2 Å². The lowest BCUT2D eigenvalue weighted by Gasteiger charge is -2.41. The van der Waals surface area contributed by atoms with Gasteiger partial charge in [-0.3, -0.25) is 9.59 Å². The van der Waals surface area contributed by atoms with Crippen molar-refractivity contribution in [1.82, 2.24) is 5.32 Å². The first kappa shape index (κ1) is 75.6. The lowest BCUT2D eigenvalue weighted by molar-refractivity contribution is -0.305. The molecule has 1 heterocycles. The van der Waals surface area contributed by atoms with Crippen molar-refractivity contribution in [3.05, 3.63) is 48.6 Å². The Kier molecular flexibility index (Phi) is 54.0. The molecule has 0 radical (unpaired) electrons. The van der Waals surface area contributed by atoms with E-state index in [-0.39, 0.29) is 19.4 Å². The van der Waals surface area contributed by atoms with E-state index in [9.17, 15) is 35.1 Å². The summed E-state index contributed by atoms with van der Waals surface area (Å²) in [6, 6.07) is -1.02. The first-order valence-electron chi connectivity index (χ1n) is 33.9. The molecule has 11 heteroatoms. The molecule has 0 bridgehead atoms. The number of allylic oxidation sites excluding steroid dienone is 7. The zero-order valence-electron chi connectivity index (χ0n) is 52.0. The van der Waals surface area contributed by atoms with Gasteiger partial charge >= 0.3 is 5.97 Å². The molecular formula is C69H127NO10. The van der Waals surface area contributed by atoms with Crippen LogP contribution < -0.4 is 5.32 Å². The van der Waals surface area contributed by atoms with E-state index in [1.165, 1.54) is 193 Å². The Morgan fingerprint density at radius 1 is 0.487 bits per heavy atom. The fourth-order valence-corrected chi connectivity index (χ4v) is 10.6. The van der Waals surface area contributed by atoms with Gasteiger partial charge in [-0.1, -0.05) is 294 Å². The maximum atomic E-state index is 13.5. The molecule has 8 unspecified atom stereocenters. The summed E-state index contributed by atoms with van der Waals surface area (Å²) in [7, 11) is 0. The van der Waals surface area contributed by atoms with Crippen molar-refractivity contribution in [2.45, 2.75) is 365 Å². The molecule has 0 spiro atoms. The number of esters is 1. The monoisotopic (exact) mass is 1130 g/mol. The molecule has 80 heavy (non-hydrogen) atoms. The molecule has 1 saturated heterocycles. The number of rotatable bonds is 58. The molecule has 0 aromatic carbocycles. The van der Waals surface area contributed by atoms with Crippen molar-refractivity contribution in [1.29, 1.82) is 0 Å². The molecular weight excluding hydrogens is 1000 g/mol. The SMILES string of the molecule is CCCCC/C=C\C/C=C\C/C=C\CCCCCCCCCCCCCC(O)C(=O)NC(COC1OC(CO)C(O)C(O)C1OC(=O)CCCCCCCCCCCCCCCCC)C(O)/C=C/CCCCCCCCCCCC. The molecule has 8 atom stereocenters. The molecule has 0 aromatic rings. The molecule has 1 rings (SSSR count). The predicted molar refractivity (Wildman–Crippen MR) is 334 cm³/mol. The lowest BCUT2D eigenvalue weighted by Crippen LogP contribution is -2.61. The first-order chi connectivity index (χ1) is 39.2. The number of aliphatic hydroxyl groups excluding tert-OH is 5. The fraction of sp³-hybridized carbons (Fsp3) is 0.855. The Balaban J connectivity index is 2.59. The topological polar surface area (TPSA) is 175 Å². The van der Waals surface area contributed by atoms with Crippen molar-refractivity contribution in [3.63, 3.8) is 0 Å². The highest BCUT2D eigenvalue weighted by atomic mass is 16.7. The van der Waals surface area contributed by atoms with Crippen LogP contribution in [0.3, 0.4) is 0 Å². The quantitative estimate of drug-likeness (QED) is 0.0195. The van der Waals surface area contributed by atoms with E-state index in [2.05, 4.69) is 62.5 Å². The van der Waals surface area contributed by atoms with Gasteiger partial charge in [0.1, 0.15) is 24.4 Å². The summed E-state index contributed by atoms with van der Waals surface area (Å²) in [5.41, 5.74) is 0. The molecule has 0 aliphatic carbocycles. The van der Waals surface area contributed by atoms with E-state index in [0.717, 1.165) is 77.0 Å². The maximum absolute atomic E-state index is 13.5. The molecule has 1 amide bonds. The molecule has 0 aromatic heterocycles. The Hall–Kier alpha value is -2.38. The van der Waals surface area contributed by atoms with Crippen LogP contribution in [0.25, 0.3) is 0 Å². The molecule has 0 saturated carbocycles. The summed E-state index contributed by atoms with van der Waals surface area (Å²) in [6.45, 7) is 5.79. The Bertz CT molecular complexity index is 1490. The number of ether oxygens (including phenoxy) is 3. The minimum Gasteiger partial charge on any atom is -0.454 e. The number of hydrogen-bond donors (Lipinski definition) is 6. The number of amides is 1. The van der Waals surface area contributed by atoms with Crippen molar-refractivity contribution in [3.8, 4) is 0 Å². The second-order valence-electron chi connectivity index (χ2n) is 23.6. The molecule has 11 nitrogen and oxygen atoms in total. The summed E-state index contributed by atoms with van der Waals surface area (Å²) < 4.78 is 17.7. The van der Waals surface area contributed by atoms with Gasteiger partial charge in [-0.25, -0.2) is 0 Å². The van der Waals surface area contributed by atoms with Gasteiger partial charge in [0, 0.05) is 6.42 Å². The normalized spacial score (nSPS) is 19.0. The third kappa shape index (κ3) is 44.2. The third-order valence-corrected chi connectivity index (χ3v) is 16.0. The highest BCUT2D eigenvalue weighted by Gasteiger charge is 2.47. The van der Waals surface area contributed by atoms with Crippen LogP contribution >= 0.6 is 0 Å². The Labute approximate surface area is 491 Å². The summed E-state index contributed by atoms with van der Waals surface area (Å²) in [5.74, 6) is -1.18. The van der Waals surface area contributed by atoms with Crippen molar-refractivity contribution < 1.29 is 49.3 Å². The predicted octanol–water partition coefficient (Wildman–Crippen LogP) is 16.8. The number of unbranched alkanes of at least 4 members (excludes halogenated alkanes) is 38. The van der Waals surface area contributed by atoms with Crippen molar-refractivity contribution in [2.24, 2.45) is 0 Å². The van der Waals surface area contributed by atoms with Crippen molar-refractivity contribution in [2.75, 3.05) is 13.2 Å². The van der Waals surface area contributed by atoms with Gasteiger partial charge in [0.25, 0.3) is 0 Å². The summed E-state index contributed by atoms with van der Waals surface area (Å²) in [6.07, 6.45) is 60.0. The van der Waals surface area contributed by atoms with E-state index in [0.29, 0.717) is 12.8 Å². The second-order valence-corrected chi connectivity index (χ2v) is 23.6. The van der Waals surface area contributed by atoms with Crippen LogP contribution in [-0.4, -0.2) is 99.6 Å². The smallest absolute Gasteiger partial charge is 0.306 e. The Morgan fingerprint density at radius 3 is 1.31 bits per heavy atom. The van der Waals surface area contributed by atoms with Crippen LogP contribution in [0.2, 0.25) is 0 Å². The van der Waals surface area contributed by atoms with Crippen LogP contribution in [0, 0.1) is 0 Å². The van der Waals surface area contributed by atoms with Crippen LogP contribution in [0.1, 0.15) is 316 Å². The fourth-order valence-electron chi connectivity index (χ4n) is 10.6. The summed E-state index contributed by atoms with van der Waals surface area (Å²) in [5, 5.41) is 57.1.